The molecule has 2 aromatic carbocycles. The molecule has 3 rings (SSSR count). The Hall–Kier alpha value is -5.27. The molecule has 0 radical (unpaired) electrons. The van der Waals surface area contributed by atoms with Gasteiger partial charge >= 0.3 is 23.9 Å². The minimum absolute atomic E-state index is 0.0759. The number of aromatic nitrogens is 3. The molecule has 0 aliphatic carbocycles. The van der Waals surface area contributed by atoms with Crippen LogP contribution in [0.25, 0.3) is 0 Å². The largest absolute Gasteiger partial charge is 0.478 e. The number of carboxylic acid groups (broad SMARTS) is 4. The van der Waals surface area contributed by atoms with Crippen LogP contribution in [0, 0.1) is 0 Å². The van der Waals surface area contributed by atoms with Gasteiger partial charge in [-0.15, -0.1) is 0 Å². The lowest BCUT2D eigenvalue weighted by Crippen LogP contribution is -2.11. The second-order valence-corrected chi connectivity index (χ2v) is 7.30. The molecule has 0 saturated heterocycles. The Morgan fingerprint density at radius 2 is 0.944 bits per heavy atom. The predicted molar refractivity (Wildman–Crippen MR) is 126 cm³/mol. The van der Waals surface area contributed by atoms with Crippen molar-refractivity contribution in [1.82, 2.24) is 15.0 Å². The number of nitrogens with zero attached hydrogens (tertiary/aromatic N) is 3. The van der Waals surface area contributed by atoms with Gasteiger partial charge in [-0.2, -0.15) is 15.0 Å². The summed E-state index contributed by atoms with van der Waals surface area (Å²) < 4.78 is 0. The first-order valence-corrected chi connectivity index (χ1v) is 10.3. The van der Waals surface area contributed by atoms with Crippen molar-refractivity contribution < 1.29 is 39.6 Å². The molecule has 14 heteroatoms. The van der Waals surface area contributed by atoms with Gasteiger partial charge in [0, 0.05) is 17.9 Å². The highest BCUT2D eigenvalue weighted by Crippen LogP contribution is 2.23. The number of rotatable bonds is 11. The van der Waals surface area contributed by atoms with Crippen molar-refractivity contribution >= 4 is 53.1 Å². The fraction of sp³-hybridized carbons (Fsp3) is 0.136. The molecular weight excluding hydrogens is 476 g/mol. The monoisotopic (exact) mass is 496 g/mol. The third kappa shape index (κ3) is 6.40. The van der Waals surface area contributed by atoms with Crippen LogP contribution in [0.3, 0.4) is 0 Å². The van der Waals surface area contributed by atoms with Gasteiger partial charge < -0.3 is 36.4 Å². The van der Waals surface area contributed by atoms with Gasteiger partial charge in [-0.25, -0.2) is 19.2 Å². The number of nitrogens with one attached hydrogen (secondary N) is 3. The number of carboxylic acids is 4. The number of anilines is 5. The molecule has 0 amide bonds. The number of aromatic carboxylic acids is 4. The maximum absolute atomic E-state index is 11.4. The van der Waals surface area contributed by atoms with Crippen molar-refractivity contribution in [2.24, 2.45) is 0 Å². The van der Waals surface area contributed by atoms with Gasteiger partial charge in [-0.3, -0.25) is 0 Å². The summed E-state index contributed by atoms with van der Waals surface area (Å²) in [5.74, 6) is -5.45. The Kier molecular flexibility index (Phi) is 7.59. The van der Waals surface area contributed by atoms with Crippen LogP contribution in [0.4, 0.5) is 29.2 Å². The number of hydrogen-bond donors (Lipinski definition) is 7. The molecule has 0 aliphatic heterocycles. The lowest BCUT2D eigenvalue weighted by molar-refractivity contribution is 0.0676. The van der Waals surface area contributed by atoms with E-state index in [9.17, 15) is 39.6 Å². The molecule has 0 fully saturated rings. The van der Waals surface area contributed by atoms with Gasteiger partial charge in [-0.1, -0.05) is 6.92 Å². The quantitative estimate of drug-likeness (QED) is 0.203. The maximum atomic E-state index is 11.4. The first kappa shape index (κ1) is 25.4. The van der Waals surface area contributed by atoms with Crippen LogP contribution in [0.5, 0.6) is 0 Å². The zero-order valence-electron chi connectivity index (χ0n) is 18.6. The van der Waals surface area contributed by atoms with Crippen LogP contribution in [0.2, 0.25) is 0 Å². The van der Waals surface area contributed by atoms with E-state index in [1.54, 1.807) is 0 Å². The number of hydrogen-bond acceptors (Lipinski definition) is 10. The van der Waals surface area contributed by atoms with Gasteiger partial charge in [0.2, 0.25) is 17.8 Å². The minimum Gasteiger partial charge on any atom is -0.478 e. The van der Waals surface area contributed by atoms with Crippen molar-refractivity contribution in [2.75, 3.05) is 22.5 Å². The molecule has 3 aromatic rings. The summed E-state index contributed by atoms with van der Waals surface area (Å²) in [6.07, 6.45) is 0.725. The second-order valence-electron chi connectivity index (χ2n) is 7.30. The van der Waals surface area contributed by atoms with Gasteiger partial charge in [-0.05, 0) is 42.8 Å². The second kappa shape index (κ2) is 10.8. The Balaban J connectivity index is 2.02. The summed E-state index contributed by atoms with van der Waals surface area (Å²) >= 11 is 0. The Morgan fingerprint density at radius 1 is 0.611 bits per heavy atom. The standard InChI is InChI=1S/C22H20N6O8/c1-2-3-23-20-26-21(24-14-6-10(16(29)30)4-11(7-14)17(31)32)28-22(27-20)25-15-8-12(18(33)34)5-13(9-15)19(35)36/h4-9H,2-3H2,1H3,(H,29,30)(H,31,32)(H,33,34)(H,35,36)(H3,23,24,25,26,27,28). The number of carbonyl (C=O) groups is 4. The zero-order valence-corrected chi connectivity index (χ0v) is 18.6. The van der Waals surface area contributed by atoms with Crippen molar-refractivity contribution in [3.05, 3.63) is 58.7 Å². The molecule has 1 heterocycles. The van der Waals surface area contributed by atoms with Crippen LogP contribution < -0.4 is 16.0 Å². The van der Waals surface area contributed by atoms with Crippen molar-refractivity contribution in [2.45, 2.75) is 13.3 Å². The molecule has 1 aromatic heterocycles. The highest BCUT2D eigenvalue weighted by Gasteiger charge is 2.15. The Morgan fingerprint density at radius 3 is 1.25 bits per heavy atom. The predicted octanol–water partition coefficient (Wildman–Crippen LogP) is 2.97. The normalized spacial score (nSPS) is 10.4. The molecule has 14 nitrogen and oxygen atoms in total. The molecule has 7 N–H and O–H groups in total. The maximum Gasteiger partial charge on any atom is 0.335 e. The lowest BCUT2D eigenvalue weighted by Gasteiger charge is -2.12. The minimum atomic E-state index is -1.34. The summed E-state index contributed by atoms with van der Waals surface area (Å²) in [6, 6.07) is 6.78. The fourth-order valence-electron chi connectivity index (χ4n) is 2.96. The fourth-order valence-corrected chi connectivity index (χ4v) is 2.96. The van der Waals surface area contributed by atoms with E-state index in [0.29, 0.717) is 6.54 Å². The van der Waals surface area contributed by atoms with Crippen LogP contribution >= 0.6 is 0 Å². The summed E-state index contributed by atoms with van der Waals surface area (Å²) in [5, 5.41) is 45.6. The lowest BCUT2D eigenvalue weighted by atomic mass is 10.1. The summed E-state index contributed by atoms with van der Waals surface area (Å²) in [6.45, 7) is 2.39. The summed E-state index contributed by atoms with van der Waals surface area (Å²) in [7, 11) is 0. The average Bonchev–Trinajstić information content (AvgIpc) is 2.82. The SMILES string of the molecule is CCCNc1nc(Nc2cc(C(=O)O)cc(C(=O)O)c2)nc(Nc2cc(C(=O)O)cc(C(=O)O)c2)n1. The van der Waals surface area contributed by atoms with Crippen molar-refractivity contribution in [1.29, 1.82) is 0 Å². The molecular formula is C22H20N6O8. The van der Waals surface area contributed by atoms with Crippen molar-refractivity contribution in [3.8, 4) is 0 Å². The van der Waals surface area contributed by atoms with E-state index in [1.807, 2.05) is 6.92 Å². The molecule has 0 bridgehead atoms. The van der Waals surface area contributed by atoms with Crippen LogP contribution in [-0.2, 0) is 0 Å². The van der Waals surface area contributed by atoms with Gasteiger partial charge in [0.25, 0.3) is 0 Å². The van der Waals surface area contributed by atoms with Crippen LogP contribution in [0.1, 0.15) is 54.8 Å². The molecule has 0 saturated carbocycles. The van der Waals surface area contributed by atoms with E-state index in [0.717, 1.165) is 18.6 Å². The first-order chi connectivity index (χ1) is 17.0. The highest BCUT2D eigenvalue weighted by molar-refractivity contribution is 5.96. The van der Waals surface area contributed by atoms with Crippen molar-refractivity contribution in [3.63, 3.8) is 0 Å². The molecule has 186 valence electrons. The van der Waals surface area contributed by atoms with E-state index >= 15 is 0 Å². The number of benzene rings is 2. The molecule has 36 heavy (non-hydrogen) atoms. The highest BCUT2D eigenvalue weighted by atomic mass is 16.4. The first-order valence-electron chi connectivity index (χ1n) is 10.3. The Labute approximate surface area is 202 Å². The average molecular weight is 496 g/mol. The van der Waals surface area contributed by atoms with E-state index in [2.05, 4.69) is 30.9 Å². The topological polar surface area (TPSA) is 224 Å². The third-order valence-electron chi connectivity index (χ3n) is 4.53. The molecule has 0 unspecified atom stereocenters. The van der Waals surface area contributed by atoms with Gasteiger partial charge in [0.15, 0.2) is 0 Å². The third-order valence-corrected chi connectivity index (χ3v) is 4.53. The summed E-state index contributed by atoms with van der Waals surface area (Å²) in [4.78, 5) is 58.1. The summed E-state index contributed by atoms with van der Waals surface area (Å²) in [5.41, 5.74) is -0.956. The van der Waals surface area contributed by atoms with Crippen LogP contribution in [-0.4, -0.2) is 65.8 Å². The van der Waals surface area contributed by atoms with Gasteiger partial charge in [0.1, 0.15) is 0 Å². The Bertz CT molecular complexity index is 1200. The van der Waals surface area contributed by atoms with Gasteiger partial charge in [0.05, 0.1) is 22.3 Å². The zero-order chi connectivity index (χ0) is 26.4. The smallest absolute Gasteiger partial charge is 0.335 e. The molecule has 0 atom stereocenters. The van der Waals surface area contributed by atoms with E-state index in [-0.39, 0.29) is 51.5 Å². The van der Waals surface area contributed by atoms with E-state index in [4.69, 9.17) is 0 Å². The van der Waals surface area contributed by atoms with E-state index in [1.165, 1.54) is 24.3 Å². The molecule has 0 spiro atoms. The van der Waals surface area contributed by atoms with E-state index < -0.39 is 23.9 Å². The van der Waals surface area contributed by atoms with Crippen LogP contribution in [0.15, 0.2) is 36.4 Å². The molecule has 0 aliphatic rings.